The molecule has 2 N–H and O–H groups in total. The van der Waals surface area contributed by atoms with Crippen LogP contribution in [0.4, 0.5) is 0 Å². The number of ether oxygens (including phenoxy) is 1. The highest BCUT2D eigenvalue weighted by atomic mass is 35.5. The molecule has 2 unspecified atom stereocenters. The molecule has 5 heteroatoms. The Hall–Kier alpha value is -1.26. The zero-order valence-corrected chi connectivity index (χ0v) is 13.0. The van der Waals surface area contributed by atoms with Crippen molar-refractivity contribution < 1.29 is 14.6 Å². The normalized spacial score (nSPS) is 21.3. The van der Waals surface area contributed by atoms with Gasteiger partial charge in [-0.25, -0.2) is 0 Å². The number of aliphatic hydroxyl groups excluding tert-OH is 1. The van der Waals surface area contributed by atoms with Gasteiger partial charge in [0.05, 0.1) is 0 Å². The molecule has 0 aromatic heterocycles. The molecular weight excluding hydrogens is 290 g/mol. The highest BCUT2D eigenvalue weighted by Gasteiger charge is 2.26. The van der Waals surface area contributed by atoms with Crippen molar-refractivity contribution in [1.82, 2.24) is 5.32 Å². The van der Waals surface area contributed by atoms with Crippen LogP contribution in [0.1, 0.15) is 24.8 Å². The van der Waals surface area contributed by atoms with Gasteiger partial charge in [-0.05, 0) is 55.4 Å². The minimum absolute atomic E-state index is 0.00240. The van der Waals surface area contributed by atoms with E-state index in [4.69, 9.17) is 16.3 Å². The summed E-state index contributed by atoms with van der Waals surface area (Å²) in [5.74, 6) is 1.22. The predicted molar refractivity (Wildman–Crippen MR) is 82.6 cm³/mol. The van der Waals surface area contributed by atoms with Gasteiger partial charge in [-0.1, -0.05) is 18.0 Å². The van der Waals surface area contributed by atoms with E-state index in [2.05, 4.69) is 5.32 Å². The van der Waals surface area contributed by atoms with Crippen molar-refractivity contribution in [3.63, 3.8) is 0 Å². The average Bonchev–Trinajstić information content (AvgIpc) is 2.94. The van der Waals surface area contributed by atoms with Crippen molar-refractivity contribution >= 4 is 17.5 Å². The Morgan fingerprint density at radius 2 is 2.19 bits per heavy atom. The Morgan fingerprint density at radius 1 is 1.43 bits per heavy atom. The van der Waals surface area contributed by atoms with E-state index in [-0.39, 0.29) is 19.1 Å². The number of benzene rings is 1. The summed E-state index contributed by atoms with van der Waals surface area (Å²) in [6.45, 7) is 2.72. The fraction of sp³-hybridized carbons (Fsp3) is 0.562. The average molecular weight is 312 g/mol. The maximum absolute atomic E-state index is 11.8. The second-order valence-electron chi connectivity index (χ2n) is 5.64. The Kier molecular flexibility index (Phi) is 5.88. The van der Waals surface area contributed by atoms with Gasteiger partial charge in [0.15, 0.2) is 6.61 Å². The molecule has 1 aromatic rings. The molecule has 0 saturated heterocycles. The quantitative estimate of drug-likeness (QED) is 0.849. The lowest BCUT2D eigenvalue weighted by Crippen LogP contribution is -2.34. The number of halogens is 1. The zero-order chi connectivity index (χ0) is 15.2. The SMILES string of the molecule is Cc1cc(OCC(=O)NCC2CCCC2CO)ccc1Cl. The molecule has 1 aliphatic carbocycles. The van der Waals surface area contributed by atoms with Crippen LogP contribution in [0.3, 0.4) is 0 Å². The third kappa shape index (κ3) is 4.61. The van der Waals surface area contributed by atoms with Gasteiger partial charge < -0.3 is 15.2 Å². The van der Waals surface area contributed by atoms with Crippen LogP contribution in [0.15, 0.2) is 18.2 Å². The largest absolute Gasteiger partial charge is 0.484 e. The first-order valence-electron chi connectivity index (χ1n) is 7.36. The third-order valence-corrected chi connectivity index (χ3v) is 4.54. The van der Waals surface area contributed by atoms with Gasteiger partial charge in [0.25, 0.3) is 5.91 Å². The Balaban J connectivity index is 1.73. The number of aryl methyl sites for hydroxylation is 1. The molecule has 1 aliphatic rings. The summed E-state index contributed by atoms with van der Waals surface area (Å²) in [6, 6.07) is 5.32. The molecule has 2 atom stereocenters. The number of carbonyl (C=O) groups is 1. The van der Waals surface area contributed by atoms with E-state index in [1.54, 1.807) is 12.1 Å². The van der Waals surface area contributed by atoms with Crippen molar-refractivity contribution in [3.05, 3.63) is 28.8 Å². The van der Waals surface area contributed by atoms with Crippen molar-refractivity contribution in [3.8, 4) is 5.75 Å². The smallest absolute Gasteiger partial charge is 0.257 e. The van der Waals surface area contributed by atoms with Gasteiger partial charge in [0, 0.05) is 18.2 Å². The number of hydrogen-bond donors (Lipinski definition) is 2. The van der Waals surface area contributed by atoms with E-state index < -0.39 is 0 Å². The summed E-state index contributed by atoms with van der Waals surface area (Å²) in [6.07, 6.45) is 3.26. The molecule has 0 aliphatic heterocycles. The van der Waals surface area contributed by atoms with Crippen LogP contribution < -0.4 is 10.1 Å². The third-order valence-electron chi connectivity index (χ3n) is 4.11. The van der Waals surface area contributed by atoms with Gasteiger partial charge in [-0.2, -0.15) is 0 Å². The second-order valence-corrected chi connectivity index (χ2v) is 6.04. The number of hydrogen-bond acceptors (Lipinski definition) is 3. The predicted octanol–water partition coefficient (Wildman–Crippen LogP) is 2.55. The first kappa shape index (κ1) is 16.1. The number of carbonyl (C=O) groups excluding carboxylic acids is 1. The molecule has 0 heterocycles. The van der Waals surface area contributed by atoms with E-state index >= 15 is 0 Å². The lowest BCUT2D eigenvalue weighted by molar-refractivity contribution is -0.123. The van der Waals surface area contributed by atoms with Crippen molar-refractivity contribution in [1.29, 1.82) is 0 Å². The monoisotopic (exact) mass is 311 g/mol. The highest BCUT2D eigenvalue weighted by Crippen LogP contribution is 2.30. The van der Waals surface area contributed by atoms with Crippen molar-refractivity contribution in [2.75, 3.05) is 19.8 Å². The number of nitrogens with one attached hydrogen (secondary N) is 1. The molecule has 1 saturated carbocycles. The Morgan fingerprint density at radius 3 is 2.90 bits per heavy atom. The second kappa shape index (κ2) is 7.66. The van der Waals surface area contributed by atoms with Gasteiger partial charge in [-0.3, -0.25) is 4.79 Å². The molecule has 1 fully saturated rings. The fourth-order valence-electron chi connectivity index (χ4n) is 2.77. The van der Waals surface area contributed by atoms with Gasteiger partial charge >= 0.3 is 0 Å². The molecule has 2 rings (SSSR count). The summed E-state index contributed by atoms with van der Waals surface area (Å²) < 4.78 is 5.45. The molecule has 0 bridgehead atoms. The first-order chi connectivity index (χ1) is 10.1. The van der Waals surface area contributed by atoms with Gasteiger partial charge in [0.2, 0.25) is 0 Å². The van der Waals surface area contributed by atoms with Crippen LogP contribution >= 0.6 is 11.6 Å². The zero-order valence-electron chi connectivity index (χ0n) is 12.3. The lowest BCUT2D eigenvalue weighted by atomic mass is 9.97. The van der Waals surface area contributed by atoms with E-state index in [0.717, 1.165) is 24.8 Å². The van der Waals surface area contributed by atoms with E-state index in [9.17, 15) is 9.90 Å². The molecule has 0 radical (unpaired) electrons. The van der Waals surface area contributed by atoms with Crippen molar-refractivity contribution in [2.45, 2.75) is 26.2 Å². The van der Waals surface area contributed by atoms with Gasteiger partial charge in [0.1, 0.15) is 5.75 Å². The van der Waals surface area contributed by atoms with E-state index in [0.29, 0.717) is 29.2 Å². The molecule has 0 spiro atoms. The molecular formula is C16H22ClNO3. The molecule has 21 heavy (non-hydrogen) atoms. The fourth-order valence-corrected chi connectivity index (χ4v) is 2.89. The molecule has 1 amide bonds. The topological polar surface area (TPSA) is 58.6 Å². The lowest BCUT2D eigenvalue weighted by Gasteiger charge is -2.17. The Bertz CT molecular complexity index is 492. The molecule has 4 nitrogen and oxygen atoms in total. The number of rotatable bonds is 6. The summed E-state index contributed by atoms with van der Waals surface area (Å²) in [7, 11) is 0. The van der Waals surface area contributed by atoms with Crippen molar-refractivity contribution in [2.24, 2.45) is 11.8 Å². The van der Waals surface area contributed by atoms with Crippen LogP contribution in [0.25, 0.3) is 0 Å². The van der Waals surface area contributed by atoms with Crippen LogP contribution in [0, 0.1) is 18.8 Å². The highest BCUT2D eigenvalue weighted by molar-refractivity contribution is 6.31. The summed E-state index contributed by atoms with van der Waals surface area (Å²) in [5.41, 5.74) is 0.923. The molecule has 1 aromatic carbocycles. The van der Waals surface area contributed by atoms with Crippen LogP contribution in [0.2, 0.25) is 5.02 Å². The summed E-state index contributed by atoms with van der Waals surface area (Å²) >= 11 is 5.94. The standard InChI is InChI=1S/C16H22ClNO3/c1-11-7-14(5-6-15(11)17)21-10-16(20)18-8-12-3-2-4-13(12)9-19/h5-7,12-13,19H,2-4,8-10H2,1H3,(H,18,20). The Labute approximate surface area is 130 Å². The summed E-state index contributed by atoms with van der Waals surface area (Å²) in [4.78, 5) is 11.8. The van der Waals surface area contributed by atoms with Crippen LogP contribution in [0.5, 0.6) is 5.75 Å². The molecule has 116 valence electrons. The summed E-state index contributed by atoms with van der Waals surface area (Å²) in [5, 5.41) is 12.8. The maximum atomic E-state index is 11.8. The van der Waals surface area contributed by atoms with Gasteiger partial charge in [-0.15, -0.1) is 0 Å². The van der Waals surface area contributed by atoms with Crippen LogP contribution in [-0.4, -0.2) is 30.8 Å². The first-order valence-corrected chi connectivity index (χ1v) is 7.74. The van der Waals surface area contributed by atoms with E-state index in [1.807, 2.05) is 13.0 Å². The number of amides is 1. The number of aliphatic hydroxyl groups is 1. The van der Waals surface area contributed by atoms with Crippen LogP contribution in [-0.2, 0) is 4.79 Å². The minimum atomic E-state index is -0.133. The maximum Gasteiger partial charge on any atom is 0.257 e. The minimum Gasteiger partial charge on any atom is -0.484 e. The van der Waals surface area contributed by atoms with E-state index in [1.165, 1.54) is 0 Å².